The SMILES string of the molecule is COCCN(C)CCNCC(=O)N(C)C(C)C. The van der Waals surface area contributed by atoms with Crippen molar-refractivity contribution in [1.29, 1.82) is 0 Å². The molecule has 0 radical (unpaired) electrons. The second-order valence-corrected chi connectivity index (χ2v) is 4.57. The van der Waals surface area contributed by atoms with Crippen LogP contribution in [0.2, 0.25) is 0 Å². The Kier molecular flexibility index (Phi) is 9.03. The summed E-state index contributed by atoms with van der Waals surface area (Å²) in [5, 5.41) is 3.15. The monoisotopic (exact) mass is 245 g/mol. The number of amides is 1. The van der Waals surface area contributed by atoms with E-state index in [2.05, 4.69) is 10.2 Å². The summed E-state index contributed by atoms with van der Waals surface area (Å²) in [5.74, 6) is 0.138. The predicted octanol–water partition coefficient (Wildman–Crippen LogP) is 0.0210. The van der Waals surface area contributed by atoms with Gasteiger partial charge >= 0.3 is 0 Å². The first-order chi connectivity index (χ1) is 7.99. The predicted molar refractivity (Wildman–Crippen MR) is 70.1 cm³/mol. The first kappa shape index (κ1) is 16.4. The second kappa shape index (κ2) is 9.39. The Morgan fingerprint density at radius 1 is 1.29 bits per heavy atom. The molecular formula is C12H27N3O2. The highest BCUT2D eigenvalue weighted by atomic mass is 16.5. The van der Waals surface area contributed by atoms with Crippen molar-refractivity contribution < 1.29 is 9.53 Å². The molecule has 0 saturated carbocycles. The summed E-state index contributed by atoms with van der Waals surface area (Å²) in [6.07, 6.45) is 0. The molecule has 0 atom stereocenters. The lowest BCUT2D eigenvalue weighted by atomic mass is 10.3. The number of hydrogen-bond donors (Lipinski definition) is 1. The number of nitrogens with one attached hydrogen (secondary N) is 1. The number of methoxy groups -OCH3 is 1. The molecule has 5 nitrogen and oxygen atoms in total. The van der Waals surface area contributed by atoms with Crippen LogP contribution in [-0.4, -0.2) is 75.7 Å². The minimum absolute atomic E-state index is 0.138. The van der Waals surface area contributed by atoms with Gasteiger partial charge in [-0.25, -0.2) is 0 Å². The summed E-state index contributed by atoms with van der Waals surface area (Å²) in [6, 6.07) is 0.258. The van der Waals surface area contributed by atoms with Gasteiger partial charge in [0.05, 0.1) is 13.2 Å². The summed E-state index contributed by atoms with van der Waals surface area (Å²) >= 11 is 0. The van der Waals surface area contributed by atoms with Gasteiger partial charge in [0.1, 0.15) is 0 Å². The highest BCUT2D eigenvalue weighted by Crippen LogP contribution is 1.92. The van der Waals surface area contributed by atoms with E-state index in [0.29, 0.717) is 6.54 Å². The lowest BCUT2D eigenvalue weighted by Crippen LogP contribution is -2.41. The molecule has 0 spiro atoms. The van der Waals surface area contributed by atoms with Crippen LogP contribution in [0.1, 0.15) is 13.8 Å². The smallest absolute Gasteiger partial charge is 0.236 e. The number of nitrogens with zero attached hydrogens (tertiary/aromatic N) is 2. The van der Waals surface area contributed by atoms with Gasteiger partial charge in [0, 0.05) is 39.8 Å². The Hall–Kier alpha value is -0.650. The van der Waals surface area contributed by atoms with Crippen LogP contribution < -0.4 is 5.32 Å². The fourth-order valence-electron chi connectivity index (χ4n) is 1.24. The number of ether oxygens (including phenoxy) is 1. The Morgan fingerprint density at radius 2 is 1.94 bits per heavy atom. The average Bonchev–Trinajstić information content (AvgIpc) is 2.30. The van der Waals surface area contributed by atoms with Crippen LogP contribution in [0, 0.1) is 0 Å². The van der Waals surface area contributed by atoms with Crippen molar-refractivity contribution in [2.45, 2.75) is 19.9 Å². The van der Waals surface area contributed by atoms with Crippen LogP contribution in [0.25, 0.3) is 0 Å². The average molecular weight is 245 g/mol. The Labute approximate surface area is 105 Å². The number of likely N-dealkylation sites (N-methyl/N-ethyl adjacent to an activating group) is 2. The Balaban J connectivity index is 3.54. The largest absolute Gasteiger partial charge is 0.383 e. The highest BCUT2D eigenvalue weighted by Gasteiger charge is 2.10. The molecule has 0 aromatic carbocycles. The van der Waals surface area contributed by atoms with E-state index in [9.17, 15) is 4.79 Å². The molecule has 17 heavy (non-hydrogen) atoms. The second-order valence-electron chi connectivity index (χ2n) is 4.57. The first-order valence-corrected chi connectivity index (χ1v) is 6.13. The van der Waals surface area contributed by atoms with E-state index in [0.717, 1.165) is 26.2 Å². The van der Waals surface area contributed by atoms with Crippen LogP contribution in [-0.2, 0) is 9.53 Å². The summed E-state index contributed by atoms with van der Waals surface area (Å²) in [6.45, 7) is 7.82. The number of hydrogen-bond acceptors (Lipinski definition) is 4. The highest BCUT2D eigenvalue weighted by molar-refractivity contribution is 5.78. The maximum Gasteiger partial charge on any atom is 0.236 e. The topological polar surface area (TPSA) is 44.8 Å². The van der Waals surface area contributed by atoms with Gasteiger partial charge in [-0.1, -0.05) is 0 Å². The Bertz CT molecular complexity index is 210. The number of rotatable bonds is 9. The van der Waals surface area contributed by atoms with Gasteiger partial charge < -0.3 is 19.9 Å². The molecule has 0 aliphatic heterocycles. The molecule has 0 bridgehead atoms. The van der Waals surface area contributed by atoms with Gasteiger partial charge in [0.25, 0.3) is 0 Å². The van der Waals surface area contributed by atoms with E-state index in [1.165, 1.54) is 0 Å². The third kappa shape index (κ3) is 8.12. The van der Waals surface area contributed by atoms with Crippen LogP contribution in [0.4, 0.5) is 0 Å². The van der Waals surface area contributed by atoms with E-state index < -0.39 is 0 Å². The van der Waals surface area contributed by atoms with Crippen LogP contribution in [0.15, 0.2) is 0 Å². The lowest BCUT2D eigenvalue weighted by molar-refractivity contribution is -0.130. The Morgan fingerprint density at radius 3 is 2.47 bits per heavy atom. The molecule has 0 aromatic rings. The van der Waals surface area contributed by atoms with E-state index in [-0.39, 0.29) is 11.9 Å². The van der Waals surface area contributed by atoms with E-state index in [1.54, 1.807) is 12.0 Å². The van der Waals surface area contributed by atoms with E-state index in [4.69, 9.17) is 4.74 Å². The zero-order valence-electron chi connectivity index (χ0n) is 11.8. The van der Waals surface area contributed by atoms with Crippen LogP contribution in [0.5, 0.6) is 0 Å². The number of carbonyl (C=O) groups excluding carboxylic acids is 1. The normalized spacial score (nSPS) is 11.2. The molecular weight excluding hydrogens is 218 g/mol. The fraction of sp³-hybridized carbons (Fsp3) is 0.917. The van der Waals surface area contributed by atoms with Gasteiger partial charge in [-0.05, 0) is 20.9 Å². The molecule has 1 N–H and O–H groups in total. The summed E-state index contributed by atoms with van der Waals surface area (Å²) < 4.78 is 4.99. The first-order valence-electron chi connectivity index (χ1n) is 6.13. The molecule has 102 valence electrons. The molecule has 0 saturated heterocycles. The zero-order valence-corrected chi connectivity index (χ0v) is 11.8. The van der Waals surface area contributed by atoms with Crippen molar-refractivity contribution in [2.24, 2.45) is 0 Å². The van der Waals surface area contributed by atoms with Crippen LogP contribution >= 0.6 is 0 Å². The quantitative estimate of drug-likeness (QED) is 0.582. The summed E-state index contributed by atoms with van der Waals surface area (Å²) in [7, 11) is 5.58. The van der Waals surface area contributed by atoms with Crippen molar-refractivity contribution in [3.8, 4) is 0 Å². The zero-order chi connectivity index (χ0) is 13.3. The molecule has 0 rings (SSSR count). The van der Waals surface area contributed by atoms with Gasteiger partial charge in [0.2, 0.25) is 5.91 Å². The van der Waals surface area contributed by atoms with E-state index in [1.807, 2.05) is 27.9 Å². The maximum absolute atomic E-state index is 11.6. The van der Waals surface area contributed by atoms with Crippen molar-refractivity contribution >= 4 is 5.91 Å². The third-order valence-corrected chi connectivity index (χ3v) is 2.79. The maximum atomic E-state index is 11.6. The minimum Gasteiger partial charge on any atom is -0.383 e. The summed E-state index contributed by atoms with van der Waals surface area (Å²) in [5.41, 5.74) is 0. The van der Waals surface area contributed by atoms with E-state index >= 15 is 0 Å². The van der Waals surface area contributed by atoms with Gasteiger partial charge in [-0.15, -0.1) is 0 Å². The fourth-order valence-corrected chi connectivity index (χ4v) is 1.24. The van der Waals surface area contributed by atoms with Crippen molar-refractivity contribution in [1.82, 2.24) is 15.1 Å². The van der Waals surface area contributed by atoms with Crippen molar-refractivity contribution in [3.63, 3.8) is 0 Å². The van der Waals surface area contributed by atoms with Crippen molar-refractivity contribution in [3.05, 3.63) is 0 Å². The van der Waals surface area contributed by atoms with Crippen LogP contribution in [0.3, 0.4) is 0 Å². The minimum atomic E-state index is 0.138. The third-order valence-electron chi connectivity index (χ3n) is 2.79. The summed E-state index contributed by atoms with van der Waals surface area (Å²) in [4.78, 5) is 15.6. The molecule has 0 aliphatic rings. The molecule has 1 amide bonds. The number of carbonyl (C=O) groups is 1. The van der Waals surface area contributed by atoms with Gasteiger partial charge in [0.15, 0.2) is 0 Å². The van der Waals surface area contributed by atoms with Gasteiger partial charge in [-0.3, -0.25) is 4.79 Å². The molecule has 0 aliphatic carbocycles. The molecule has 5 heteroatoms. The standard InChI is InChI=1S/C12H27N3O2/c1-11(2)15(4)12(16)10-13-6-7-14(3)8-9-17-5/h11,13H,6-10H2,1-5H3. The molecule has 0 aromatic heterocycles. The molecule has 0 heterocycles. The van der Waals surface area contributed by atoms with Gasteiger partial charge in [-0.2, -0.15) is 0 Å². The molecule has 0 fully saturated rings. The lowest BCUT2D eigenvalue weighted by Gasteiger charge is -2.22. The van der Waals surface area contributed by atoms with Crippen molar-refractivity contribution in [2.75, 3.05) is 54.0 Å². The molecule has 0 unspecified atom stereocenters.